The quantitative estimate of drug-likeness (QED) is 0.834. The van der Waals surface area contributed by atoms with E-state index in [0.29, 0.717) is 13.2 Å². The Bertz CT molecular complexity index is 551. The van der Waals surface area contributed by atoms with Gasteiger partial charge in [-0.3, -0.25) is 9.69 Å². The van der Waals surface area contributed by atoms with Gasteiger partial charge in [-0.15, -0.1) is 0 Å². The van der Waals surface area contributed by atoms with E-state index in [1.807, 2.05) is 12.1 Å². The second kappa shape index (κ2) is 7.62. The van der Waals surface area contributed by atoms with Gasteiger partial charge in [0.05, 0.1) is 18.1 Å². The summed E-state index contributed by atoms with van der Waals surface area (Å²) >= 11 is 0. The van der Waals surface area contributed by atoms with Crippen molar-refractivity contribution >= 4 is 5.91 Å². The van der Waals surface area contributed by atoms with Crippen molar-refractivity contribution in [2.75, 3.05) is 33.4 Å². The molecule has 1 amide bonds. The van der Waals surface area contributed by atoms with Gasteiger partial charge in [-0.2, -0.15) is 0 Å². The molecule has 2 fully saturated rings. The predicted molar refractivity (Wildman–Crippen MR) is 91.1 cm³/mol. The average molecular weight is 334 g/mol. The highest BCUT2D eigenvalue weighted by Gasteiger charge is 2.44. The summed E-state index contributed by atoms with van der Waals surface area (Å²) in [6.45, 7) is 3.11. The second-order valence-corrected chi connectivity index (χ2v) is 7.09. The number of halogens is 1. The molecule has 4 nitrogen and oxygen atoms in total. The maximum atomic E-state index is 13.2. The van der Waals surface area contributed by atoms with E-state index in [1.165, 1.54) is 25.0 Å². The number of nitrogens with one attached hydrogen (secondary N) is 1. The number of rotatable bonds is 7. The Morgan fingerprint density at radius 2 is 1.92 bits per heavy atom. The van der Waals surface area contributed by atoms with E-state index in [-0.39, 0.29) is 23.2 Å². The molecule has 2 aliphatic rings. The summed E-state index contributed by atoms with van der Waals surface area (Å²) < 4.78 is 18.5. The zero-order chi connectivity index (χ0) is 17.0. The van der Waals surface area contributed by atoms with E-state index in [9.17, 15) is 9.18 Å². The van der Waals surface area contributed by atoms with Crippen molar-refractivity contribution in [3.63, 3.8) is 0 Å². The number of likely N-dealkylation sites (tertiary alicyclic amines) is 1. The molecule has 1 aliphatic heterocycles. The van der Waals surface area contributed by atoms with Gasteiger partial charge in [-0.1, -0.05) is 18.6 Å². The van der Waals surface area contributed by atoms with Gasteiger partial charge in [0, 0.05) is 13.7 Å². The van der Waals surface area contributed by atoms with Crippen LogP contribution in [0.5, 0.6) is 0 Å². The van der Waals surface area contributed by atoms with Crippen LogP contribution in [0.15, 0.2) is 24.3 Å². The molecule has 132 valence electrons. The van der Waals surface area contributed by atoms with Gasteiger partial charge in [0.2, 0.25) is 5.91 Å². The summed E-state index contributed by atoms with van der Waals surface area (Å²) in [5, 5.41) is 3.15. The van der Waals surface area contributed by atoms with Gasteiger partial charge in [-0.05, 0) is 56.5 Å². The Kier molecular flexibility index (Phi) is 5.51. The van der Waals surface area contributed by atoms with Crippen LogP contribution in [0.2, 0.25) is 0 Å². The van der Waals surface area contributed by atoms with Gasteiger partial charge in [0.1, 0.15) is 5.82 Å². The number of nitrogens with zero attached hydrogens (tertiary/aromatic N) is 1. The summed E-state index contributed by atoms with van der Waals surface area (Å²) in [6, 6.07) is 6.77. The van der Waals surface area contributed by atoms with E-state index >= 15 is 0 Å². The summed E-state index contributed by atoms with van der Waals surface area (Å²) in [5.41, 5.74) is 0.723. The van der Waals surface area contributed by atoms with Crippen LogP contribution in [0.4, 0.5) is 4.39 Å². The number of ether oxygens (including phenoxy) is 1. The number of carbonyl (C=O) groups excluding carboxylic acids is 1. The van der Waals surface area contributed by atoms with Crippen LogP contribution in [0.1, 0.15) is 43.7 Å². The standard InChI is InChI=1S/C19H27FN2O2/c1-24-14-19(9-4-10-19)18(23)21-13-17(22-11-2-3-12-22)15-5-7-16(20)8-6-15/h5-8,17H,2-4,9-14H2,1H3,(H,21,23). The molecule has 1 N–H and O–H groups in total. The molecule has 0 aromatic heterocycles. The molecular weight excluding hydrogens is 307 g/mol. The summed E-state index contributed by atoms with van der Waals surface area (Å²) in [5.74, 6) is -0.126. The minimum Gasteiger partial charge on any atom is -0.384 e. The third-order valence-corrected chi connectivity index (χ3v) is 5.51. The molecule has 0 radical (unpaired) electrons. The van der Waals surface area contributed by atoms with E-state index in [4.69, 9.17) is 4.74 Å². The van der Waals surface area contributed by atoms with Crippen LogP contribution in [0.25, 0.3) is 0 Å². The molecular formula is C19H27FN2O2. The van der Waals surface area contributed by atoms with Crippen molar-refractivity contribution in [1.29, 1.82) is 0 Å². The highest BCUT2D eigenvalue weighted by Crippen LogP contribution is 2.41. The van der Waals surface area contributed by atoms with E-state index in [0.717, 1.165) is 37.9 Å². The molecule has 1 aromatic carbocycles. The topological polar surface area (TPSA) is 41.6 Å². The monoisotopic (exact) mass is 334 g/mol. The first-order valence-corrected chi connectivity index (χ1v) is 8.91. The maximum absolute atomic E-state index is 13.2. The van der Waals surface area contributed by atoms with Crippen molar-refractivity contribution in [1.82, 2.24) is 10.2 Å². The van der Waals surface area contributed by atoms with Crippen LogP contribution >= 0.6 is 0 Å². The van der Waals surface area contributed by atoms with Gasteiger partial charge in [0.25, 0.3) is 0 Å². The van der Waals surface area contributed by atoms with Crippen LogP contribution in [-0.4, -0.2) is 44.2 Å². The van der Waals surface area contributed by atoms with Crippen molar-refractivity contribution in [2.45, 2.75) is 38.1 Å². The fraction of sp³-hybridized carbons (Fsp3) is 0.632. The van der Waals surface area contributed by atoms with Crippen LogP contribution < -0.4 is 5.32 Å². The second-order valence-electron chi connectivity index (χ2n) is 7.09. The van der Waals surface area contributed by atoms with Gasteiger partial charge >= 0.3 is 0 Å². The first-order valence-electron chi connectivity index (χ1n) is 8.91. The number of hydrogen-bond acceptors (Lipinski definition) is 3. The molecule has 24 heavy (non-hydrogen) atoms. The number of benzene rings is 1. The molecule has 1 heterocycles. The van der Waals surface area contributed by atoms with Crippen molar-refractivity contribution in [3.05, 3.63) is 35.6 Å². The molecule has 5 heteroatoms. The Hall–Kier alpha value is -1.46. The van der Waals surface area contributed by atoms with E-state index < -0.39 is 0 Å². The maximum Gasteiger partial charge on any atom is 0.228 e. The zero-order valence-electron chi connectivity index (χ0n) is 14.4. The van der Waals surface area contributed by atoms with E-state index in [1.54, 1.807) is 7.11 Å². The lowest BCUT2D eigenvalue weighted by atomic mass is 9.68. The van der Waals surface area contributed by atoms with Crippen molar-refractivity contribution in [2.24, 2.45) is 5.41 Å². The third kappa shape index (κ3) is 3.62. The Balaban J connectivity index is 1.67. The number of carbonyl (C=O) groups is 1. The number of hydrogen-bond donors (Lipinski definition) is 1. The highest BCUT2D eigenvalue weighted by molar-refractivity contribution is 5.83. The lowest BCUT2D eigenvalue weighted by Gasteiger charge is -2.40. The molecule has 1 saturated carbocycles. The molecule has 0 spiro atoms. The summed E-state index contributed by atoms with van der Waals surface area (Å²) in [4.78, 5) is 15.1. The minimum absolute atomic E-state index is 0.0990. The lowest BCUT2D eigenvalue weighted by Crippen LogP contribution is -2.50. The number of amides is 1. The fourth-order valence-corrected chi connectivity index (χ4v) is 3.89. The summed E-state index contributed by atoms with van der Waals surface area (Å²) in [7, 11) is 1.65. The highest BCUT2D eigenvalue weighted by atomic mass is 19.1. The predicted octanol–water partition coefficient (Wildman–Crippen LogP) is 2.90. The Morgan fingerprint density at radius 3 is 2.46 bits per heavy atom. The fourth-order valence-electron chi connectivity index (χ4n) is 3.89. The third-order valence-electron chi connectivity index (χ3n) is 5.51. The van der Waals surface area contributed by atoms with Crippen LogP contribution in [-0.2, 0) is 9.53 Å². The largest absolute Gasteiger partial charge is 0.384 e. The van der Waals surface area contributed by atoms with Gasteiger partial charge < -0.3 is 10.1 Å². The average Bonchev–Trinajstić information content (AvgIpc) is 3.06. The van der Waals surface area contributed by atoms with Crippen LogP contribution in [0.3, 0.4) is 0 Å². The normalized spacial score (nSPS) is 21.2. The molecule has 1 aromatic rings. The van der Waals surface area contributed by atoms with E-state index in [2.05, 4.69) is 10.2 Å². The molecule has 1 unspecified atom stereocenters. The SMILES string of the molecule is COCC1(C(=O)NCC(c2ccc(F)cc2)N2CCCC2)CCC1. The number of methoxy groups -OCH3 is 1. The van der Waals surface area contributed by atoms with Crippen molar-refractivity contribution in [3.8, 4) is 0 Å². The smallest absolute Gasteiger partial charge is 0.228 e. The molecule has 3 rings (SSSR count). The minimum atomic E-state index is -0.340. The molecule has 1 saturated heterocycles. The Labute approximate surface area is 143 Å². The molecule has 1 atom stereocenters. The summed E-state index contributed by atoms with van der Waals surface area (Å²) in [6.07, 6.45) is 5.25. The van der Waals surface area contributed by atoms with Gasteiger partial charge in [-0.25, -0.2) is 4.39 Å². The van der Waals surface area contributed by atoms with Crippen molar-refractivity contribution < 1.29 is 13.9 Å². The first kappa shape index (κ1) is 17.4. The van der Waals surface area contributed by atoms with Gasteiger partial charge in [0.15, 0.2) is 0 Å². The Morgan fingerprint density at radius 1 is 1.25 bits per heavy atom. The van der Waals surface area contributed by atoms with Crippen LogP contribution in [0, 0.1) is 11.2 Å². The lowest BCUT2D eigenvalue weighted by molar-refractivity contribution is -0.140. The zero-order valence-corrected chi connectivity index (χ0v) is 14.4. The molecule has 0 bridgehead atoms. The molecule has 1 aliphatic carbocycles. The first-order chi connectivity index (χ1) is 11.6.